The van der Waals surface area contributed by atoms with Gasteiger partial charge in [0.15, 0.2) is 11.6 Å². The van der Waals surface area contributed by atoms with Crippen LogP contribution in [0.25, 0.3) is 11.3 Å². The van der Waals surface area contributed by atoms with Crippen LogP contribution in [0.1, 0.15) is 5.56 Å². The summed E-state index contributed by atoms with van der Waals surface area (Å²) in [6.07, 6.45) is -3.71. The molecule has 0 amide bonds. The van der Waals surface area contributed by atoms with Gasteiger partial charge in [-0.1, -0.05) is 6.07 Å². The highest BCUT2D eigenvalue weighted by Gasteiger charge is 2.38. The van der Waals surface area contributed by atoms with Crippen LogP contribution in [0.4, 0.5) is 22.0 Å². The van der Waals surface area contributed by atoms with Crippen molar-refractivity contribution in [2.45, 2.75) is 6.18 Å². The highest BCUT2D eigenvalue weighted by atomic mass is 19.4. The Morgan fingerprint density at radius 2 is 1.67 bits per heavy atom. The Kier molecular flexibility index (Phi) is 3.02. The van der Waals surface area contributed by atoms with E-state index in [2.05, 4.69) is 4.98 Å². The van der Waals surface area contributed by atoms with Gasteiger partial charge in [0.1, 0.15) is 5.56 Å². The fourth-order valence-electron chi connectivity index (χ4n) is 1.56. The van der Waals surface area contributed by atoms with Crippen molar-refractivity contribution in [2.75, 3.05) is 0 Å². The minimum atomic E-state index is -4.99. The van der Waals surface area contributed by atoms with Crippen LogP contribution in [-0.4, -0.2) is 4.98 Å². The van der Waals surface area contributed by atoms with Crippen LogP contribution in [0.5, 0.6) is 0 Å². The number of hydrogen-bond donors (Lipinski definition) is 0. The van der Waals surface area contributed by atoms with Gasteiger partial charge in [0, 0.05) is 11.8 Å². The second kappa shape index (κ2) is 4.36. The second-order valence-corrected chi connectivity index (χ2v) is 3.50. The molecule has 1 aromatic carbocycles. The molecule has 0 saturated carbocycles. The monoisotopic (exact) mass is 259 g/mol. The molecule has 1 aromatic heterocycles. The maximum Gasteiger partial charge on any atom is 0.419 e. The van der Waals surface area contributed by atoms with Gasteiger partial charge in [0.05, 0.1) is 5.69 Å². The Morgan fingerprint density at radius 3 is 2.22 bits per heavy atom. The Morgan fingerprint density at radius 1 is 0.944 bits per heavy atom. The van der Waals surface area contributed by atoms with Crippen molar-refractivity contribution < 1.29 is 22.0 Å². The maximum atomic E-state index is 13.3. The Bertz CT molecular complexity index is 563. The van der Waals surface area contributed by atoms with Crippen molar-refractivity contribution in [3.05, 3.63) is 53.7 Å². The summed E-state index contributed by atoms with van der Waals surface area (Å²) in [5.41, 5.74) is -2.19. The quantitative estimate of drug-likeness (QED) is 0.704. The molecule has 0 spiro atoms. The molecule has 0 N–H and O–H groups in total. The molecule has 1 heterocycles. The molecule has 6 heteroatoms. The van der Waals surface area contributed by atoms with E-state index in [0.717, 1.165) is 6.07 Å². The minimum Gasteiger partial charge on any atom is -0.256 e. The summed E-state index contributed by atoms with van der Waals surface area (Å²) in [7, 11) is 0. The van der Waals surface area contributed by atoms with E-state index >= 15 is 0 Å². The normalized spacial score (nSPS) is 11.6. The van der Waals surface area contributed by atoms with Crippen LogP contribution in [-0.2, 0) is 6.18 Å². The van der Waals surface area contributed by atoms with Gasteiger partial charge in [-0.25, -0.2) is 8.78 Å². The van der Waals surface area contributed by atoms with E-state index in [4.69, 9.17) is 0 Å². The summed E-state index contributed by atoms with van der Waals surface area (Å²) >= 11 is 0. The standard InChI is InChI=1S/C12H6F5N/c13-8-5-4-7(9-3-1-2-6-18-9)10(11(8)14)12(15,16)17/h1-6H. The molecule has 2 rings (SSSR count). The Labute approximate surface area is 98.9 Å². The fourth-order valence-corrected chi connectivity index (χ4v) is 1.56. The van der Waals surface area contributed by atoms with Crippen LogP contribution in [0, 0.1) is 11.6 Å². The molecule has 94 valence electrons. The largest absolute Gasteiger partial charge is 0.419 e. The predicted molar refractivity (Wildman–Crippen MR) is 54.6 cm³/mol. The van der Waals surface area contributed by atoms with Gasteiger partial charge in [-0.3, -0.25) is 4.98 Å². The number of rotatable bonds is 1. The zero-order valence-corrected chi connectivity index (χ0v) is 8.80. The first-order valence-corrected chi connectivity index (χ1v) is 4.88. The van der Waals surface area contributed by atoms with E-state index in [9.17, 15) is 22.0 Å². The highest BCUT2D eigenvalue weighted by Crippen LogP contribution is 2.38. The van der Waals surface area contributed by atoms with Gasteiger partial charge < -0.3 is 0 Å². The molecule has 0 aliphatic heterocycles. The van der Waals surface area contributed by atoms with Gasteiger partial charge >= 0.3 is 6.18 Å². The molecule has 2 aromatic rings. The summed E-state index contributed by atoms with van der Waals surface area (Å²) in [5, 5.41) is 0. The van der Waals surface area contributed by atoms with Crippen LogP contribution in [0.3, 0.4) is 0 Å². The average molecular weight is 259 g/mol. The summed E-state index contributed by atoms with van der Waals surface area (Å²) in [6, 6.07) is 5.78. The van der Waals surface area contributed by atoms with Gasteiger partial charge in [0.2, 0.25) is 0 Å². The van der Waals surface area contributed by atoms with Crippen LogP contribution >= 0.6 is 0 Å². The lowest BCUT2D eigenvalue weighted by Gasteiger charge is -2.13. The SMILES string of the molecule is Fc1ccc(-c2ccccn2)c(C(F)(F)F)c1F. The number of aromatic nitrogens is 1. The average Bonchev–Trinajstić information content (AvgIpc) is 2.32. The van der Waals surface area contributed by atoms with Gasteiger partial charge in [-0.15, -0.1) is 0 Å². The number of pyridine rings is 1. The van der Waals surface area contributed by atoms with Gasteiger partial charge in [-0.2, -0.15) is 13.2 Å². The lowest BCUT2D eigenvalue weighted by Crippen LogP contribution is -2.12. The van der Waals surface area contributed by atoms with E-state index in [1.54, 1.807) is 0 Å². The molecule has 0 atom stereocenters. The molecule has 18 heavy (non-hydrogen) atoms. The summed E-state index contributed by atoms with van der Waals surface area (Å²) in [6.45, 7) is 0. The third kappa shape index (κ3) is 2.18. The Balaban J connectivity index is 2.73. The summed E-state index contributed by atoms with van der Waals surface area (Å²) in [4.78, 5) is 3.70. The first-order chi connectivity index (χ1) is 8.41. The third-order valence-electron chi connectivity index (χ3n) is 2.32. The highest BCUT2D eigenvalue weighted by molar-refractivity contribution is 5.64. The molecule has 0 saturated heterocycles. The van der Waals surface area contributed by atoms with Crippen molar-refractivity contribution in [3.8, 4) is 11.3 Å². The molecule has 1 nitrogen and oxygen atoms in total. The van der Waals surface area contributed by atoms with Crippen molar-refractivity contribution >= 4 is 0 Å². The zero-order chi connectivity index (χ0) is 13.3. The third-order valence-corrected chi connectivity index (χ3v) is 2.32. The van der Waals surface area contributed by atoms with Gasteiger partial charge in [-0.05, 0) is 24.3 Å². The van der Waals surface area contributed by atoms with E-state index in [-0.39, 0.29) is 5.69 Å². The molecular weight excluding hydrogens is 253 g/mol. The topological polar surface area (TPSA) is 12.9 Å². The smallest absolute Gasteiger partial charge is 0.256 e. The molecule has 0 fully saturated rings. The number of benzene rings is 1. The van der Waals surface area contributed by atoms with E-state index in [1.807, 2.05) is 0 Å². The minimum absolute atomic E-state index is 0.0660. The van der Waals surface area contributed by atoms with Crippen molar-refractivity contribution in [1.29, 1.82) is 0 Å². The Hall–Kier alpha value is -1.98. The second-order valence-electron chi connectivity index (χ2n) is 3.50. The van der Waals surface area contributed by atoms with E-state index < -0.39 is 28.9 Å². The first kappa shape index (κ1) is 12.5. The van der Waals surface area contributed by atoms with Crippen LogP contribution in [0.2, 0.25) is 0 Å². The number of nitrogens with zero attached hydrogens (tertiary/aromatic N) is 1. The lowest BCUT2D eigenvalue weighted by molar-refractivity contribution is -0.139. The fraction of sp³-hybridized carbons (Fsp3) is 0.0833. The summed E-state index contributed by atoms with van der Waals surface area (Å²) < 4.78 is 64.5. The van der Waals surface area contributed by atoms with E-state index in [1.165, 1.54) is 24.4 Å². The van der Waals surface area contributed by atoms with Crippen molar-refractivity contribution in [2.24, 2.45) is 0 Å². The number of hydrogen-bond acceptors (Lipinski definition) is 1. The lowest BCUT2D eigenvalue weighted by atomic mass is 10.0. The molecule has 0 bridgehead atoms. The van der Waals surface area contributed by atoms with Crippen LogP contribution in [0.15, 0.2) is 36.5 Å². The first-order valence-electron chi connectivity index (χ1n) is 4.88. The van der Waals surface area contributed by atoms with Crippen molar-refractivity contribution in [3.63, 3.8) is 0 Å². The molecule has 0 aliphatic rings. The molecule has 0 radical (unpaired) electrons. The predicted octanol–water partition coefficient (Wildman–Crippen LogP) is 4.05. The number of alkyl halides is 3. The summed E-state index contributed by atoms with van der Waals surface area (Å²) in [5.74, 6) is -3.45. The molecule has 0 aliphatic carbocycles. The molecular formula is C12H6F5N. The van der Waals surface area contributed by atoms with Crippen molar-refractivity contribution in [1.82, 2.24) is 4.98 Å². The van der Waals surface area contributed by atoms with Gasteiger partial charge in [0.25, 0.3) is 0 Å². The van der Waals surface area contributed by atoms with Crippen LogP contribution < -0.4 is 0 Å². The zero-order valence-electron chi connectivity index (χ0n) is 8.80. The van der Waals surface area contributed by atoms with E-state index in [0.29, 0.717) is 6.07 Å². The number of halogens is 5. The molecule has 0 unspecified atom stereocenters. The maximum absolute atomic E-state index is 13.3.